The Hall–Kier alpha value is -3.84. The molecule has 0 unspecified atom stereocenters. The number of carbonyl (C=O) groups is 1. The van der Waals surface area contributed by atoms with Crippen LogP contribution in [0.3, 0.4) is 0 Å². The van der Waals surface area contributed by atoms with Crippen LogP contribution in [0.4, 0.5) is 10.1 Å². The number of fused-ring (bicyclic) bond motifs is 1. The molecule has 0 atom stereocenters. The van der Waals surface area contributed by atoms with Crippen LogP contribution in [0.5, 0.6) is 0 Å². The molecule has 0 radical (unpaired) electrons. The van der Waals surface area contributed by atoms with Gasteiger partial charge in [0.1, 0.15) is 11.5 Å². The molecular weight excluding hydrogens is 561 g/mol. The van der Waals surface area contributed by atoms with E-state index in [4.69, 9.17) is 15.2 Å². The molecule has 2 saturated heterocycles. The first-order chi connectivity index (χ1) is 20.3. The van der Waals surface area contributed by atoms with Gasteiger partial charge in [0.2, 0.25) is 9.84 Å². The first kappa shape index (κ1) is 28.3. The Morgan fingerprint density at radius 3 is 2.50 bits per heavy atom. The van der Waals surface area contributed by atoms with E-state index in [0.717, 1.165) is 37.6 Å². The Morgan fingerprint density at radius 2 is 1.76 bits per heavy atom. The number of morpholine rings is 1. The van der Waals surface area contributed by atoms with Crippen molar-refractivity contribution in [2.24, 2.45) is 5.73 Å². The molecule has 2 aliphatic rings. The molecule has 42 heavy (non-hydrogen) atoms. The molecule has 12 heteroatoms. The Bertz CT molecular complexity index is 1730. The molecule has 0 bridgehead atoms. The topological polar surface area (TPSA) is 140 Å². The predicted octanol–water partition coefficient (Wildman–Crippen LogP) is 3.72. The molecule has 2 fully saturated rings. The molecule has 10 nitrogen and oxygen atoms in total. The zero-order valence-corrected chi connectivity index (χ0v) is 23.8. The molecule has 3 heterocycles. The van der Waals surface area contributed by atoms with Gasteiger partial charge < -0.3 is 20.5 Å². The van der Waals surface area contributed by atoms with Crippen molar-refractivity contribution < 1.29 is 27.1 Å². The molecule has 2 aliphatic heterocycles. The highest BCUT2D eigenvalue weighted by atomic mass is 32.2. The van der Waals surface area contributed by atoms with Gasteiger partial charge in [-0.1, -0.05) is 12.1 Å². The van der Waals surface area contributed by atoms with Crippen LogP contribution < -0.4 is 11.1 Å². The van der Waals surface area contributed by atoms with Gasteiger partial charge >= 0.3 is 0 Å². The summed E-state index contributed by atoms with van der Waals surface area (Å²) in [6.07, 6.45) is 1.51. The van der Waals surface area contributed by atoms with Crippen molar-refractivity contribution in [3.63, 3.8) is 0 Å². The minimum atomic E-state index is -4.02. The summed E-state index contributed by atoms with van der Waals surface area (Å²) in [6.45, 7) is 4.49. The summed E-state index contributed by atoms with van der Waals surface area (Å²) < 4.78 is 52.0. The number of nitrogens with zero attached hydrogens (tertiary/aromatic N) is 2. The number of hydrogen-bond acceptors (Lipinski definition) is 8. The van der Waals surface area contributed by atoms with Crippen molar-refractivity contribution in [3.8, 4) is 11.3 Å². The van der Waals surface area contributed by atoms with E-state index in [1.54, 1.807) is 18.2 Å². The number of aromatic amines is 1. The fourth-order valence-corrected chi connectivity index (χ4v) is 6.89. The second-order valence-corrected chi connectivity index (χ2v) is 12.5. The zero-order chi connectivity index (χ0) is 29.3. The van der Waals surface area contributed by atoms with Gasteiger partial charge in [-0.3, -0.25) is 14.8 Å². The monoisotopic (exact) mass is 593 g/mol. The molecule has 0 spiro atoms. The summed E-state index contributed by atoms with van der Waals surface area (Å²) in [4.78, 5) is 14.8. The first-order valence-corrected chi connectivity index (χ1v) is 15.4. The van der Waals surface area contributed by atoms with Gasteiger partial charge in [-0.15, -0.1) is 0 Å². The third-order valence-electron chi connectivity index (χ3n) is 7.81. The largest absolute Gasteiger partial charge is 0.381 e. The minimum absolute atomic E-state index is 0.00275. The average molecular weight is 594 g/mol. The quantitative estimate of drug-likeness (QED) is 0.281. The molecule has 3 aromatic carbocycles. The van der Waals surface area contributed by atoms with Crippen LogP contribution in [0, 0.1) is 5.82 Å². The Morgan fingerprint density at radius 1 is 1.02 bits per heavy atom. The van der Waals surface area contributed by atoms with E-state index in [1.807, 2.05) is 6.07 Å². The number of benzene rings is 3. The second kappa shape index (κ2) is 11.8. The van der Waals surface area contributed by atoms with E-state index < -0.39 is 21.6 Å². The predicted molar refractivity (Wildman–Crippen MR) is 155 cm³/mol. The Labute approximate surface area is 242 Å². The molecule has 0 saturated carbocycles. The molecule has 1 aromatic heterocycles. The summed E-state index contributed by atoms with van der Waals surface area (Å²) in [6, 6.07) is 13.3. The third kappa shape index (κ3) is 5.62. The second-order valence-electron chi connectivity index (χ2n) is 10.5. The average Bonchev–Trinajstić information content (AvgIpc) is 3.41. The molecule has 220 valence electrons. The minimum Gasteiger partial charge on any atom is -0.381 e. The normalized spacial score (nSPS) is 17.0. The van der Waals surface area contributed by atoms with Crippen molar-refractivity contribution in [3.05, 3.63) is 71.5 Å². The van der Waals surface area contributed by atoms with Crippen LogP contribution in [-0.4, -0.2) is 75.0 Å². The smallest absolute Gasteiger partial charge is 0.250 e. The molecule has 0 aliphatic carbocycles. The van der Waals surface area contributed by atoms with Crippen LogP contribution in [0.1, 0.15) is 28.8 Å². The SMILES string of the molecule is NC(=O)c1ccc(CN2CCOCC2)c(-c2n[nH]c3ccc(S(=O)(=O)c4cccc(F)c4)cc23)c1NC1CCOCC1. The van der Waals surface area contributed by atoms with Crippen LogP contribution in [0.2, 0.25) is 0 Å². The summed E-state index contributed by atoms with van der Waals surface area (Å²) in [5, 5.41) is 11.8. The van der Waals surface area contributed by atoms with Crippen LogP contribution >= 0.6 is 0 Å². The number of sulfone groups is 1. The fourth-order valence-electron chi connectivity index (χ4n) is 5.57. The number of halogens is 1. The number of hydrogen-bond donors (Lipinski definition) is 3. The number of ether oxygens (including phenoxy) is 2. The van der Waals surface area contributed by atoms with E-state index >= 15 is 0 Å². The number of nitrogens with two attached hydrogens (primary N) is 1. The van der Waals surface area contributed by atoms with Crippen LogP contribution in [-0.2, 0) is 25.9 Å². The van der Waals surface area contributed by atoms with Gasteiger partial charge in [0.15, 0.2) is 0 Å². The van der Waals surface area contributed by atoms with Gasteiger partial charge in [-0.2, -0.15) is 5.10 Å². The van der Waals surface area contributed by atoms with Crippen molar-refractivity contribution in [1.29, 1.82) is 0 Å². The number of primary amides is 1. The van der Waals surface area contributed by atoms with Gasteiger partial charge in [0.25, 0.3) is 5.91 Å². The number of rotatable bonds is 8. The number of amides is 1. The van der Waals surface area contributed by atoms with Gasteiger partial charge in [0.05, 0.1) is 39.8 Å². The van der Waals surface area contributed by atoms with Crippen molar-refractivity contribution in [2.75, 3.05) is 44.8 Å². The summed E-state index contributed by atoms with van der Waals surface area (Å²) in [5.41, 5.74) is 9.44. The first-order valence-electron chi connectivity index (χ1n) is 13.9. The third-order valence-corrected chi connectivity index (χ3v) is 9.56. The lowest BCUT2D eigenvalue weighted by molar-refractivity contribution is 0.0342. The lowest BCUT2D eigenvalue weighted by atomic mass is 9.94. The van der Waals surface area contributed by atoms with Gasteiger partial charge in [-0.05, 0) is 60.9 Å². The van der Waals surface area contributed by atoms with Crippen LogP contribution in [0.25, 0.3) is 22.2 Å². The fraction of sp³-hybridized carbons (Fsp3) is 0.333. The van der Waals surface area contributed by atoms with E-state index in [9.17, 15) is 17.6 Å². The van der Waals surface area contributed by atoms with Crippen molar-refractivity contribution in [1.82, 2.24) is 15.1 Å². The summed E-state index contributed by atoms with van der Waals surface area (Å²) in [7, 11) is -4.02. The molecule has 4 N–H and O–H groups in total. The number of anilines is 1. The summed E-state index contributed by atoms with van der Waals surface area (Å²) >= 11 is 0. The van der Waals surface area contributed by atoms with Gasteiger partial charge in [0, 0.05) is 49.8 Å². The summed E-state index contributed by atoms with van der Waals surface area (Å²) in [5.74, 6) is -1.22. The maximum atomic E-state index is 13.9. The molecular formula is C30H32FN5O5S. The van der Waals surface area contributed by atoms with E-state index in [0.29, 0.717) is 66.4 Å². The molecule has 1 amide bonds. The highest BCUT2D eigenvalue weighted by molar-refractivity contribution is 7.91. The lowest BCUT2D eigenvalue weighted by Crippen LogP contribution is -2.36. The highest BCUT2D eigenvalue weighted by Crippen LogP contribution is 2.40. The Kier molecular flexibility index (Phi) is 7.95. The maximum Gasteiger partial charge on any atom is 0.250 e. The van der Waals surface area contributed by atoms with Gasteiger partial charge in [-0.25, -0.2) is 12.8 Å². The number of H-pyrrole nitrogens is 1. The Balaban J connectivity index is 1.53. The maximum absolute atomic E-state index is 13.9. The number of carbonyl (C=O) groups excluding carboxylic acids is 1. The lowest BCUT2D eigenvalue weighted by Gasteiger charge is -2.30. The van der Waals surface area contributed by atoms with E-state index in [2.05, 4.69) is 20.4 Å². The van der Waals surface area contributed by atoms with Crippen LogP contribution in [0.15, 0.2) is 64.4 Å². The van der Waals surface area contributed by atoms with Crippen molar-refractivity contribution >= 4 is 32.3 Å². The number of aromatic nitrogens is 2. The zero-order valence-electron chi connectivity index (χ0n) is 22.9. The highest BCUT2D eigenvalue weighted by Gasteiger charge is 2.27. The molecule has 4 aromatic rings. The van der Waals surface area contributed by atoms with Crippen molar-refractivity contribution in [2.45, 2.75) is 35.2 Å². The van der Waals surface area contributed by atoms with E-state index in [1.165, 1.54) is 24.3 Å². The molecule has 6 rings (SSSR count). The standard InChI is InChI=1S/C30H32FN5O5S/c31-20-2-1-3-22(16-20)42(38,39)23-5-7-26-25(17-23)29(35-34-26)27-19(18-36-10-14-41-15-11-36)4-6-24(30(32)37)28(27)33-21-8-12-40-13-9-21/h1-7,16-17,21,33H,8-15,18H2,(H2,32,37)(H,34,35). The number of nitrogens with one attached hydrogen (secondary N) is 2. The van der Waals surface area contributed by atoms with E-state index in [-0.39, 0.29) is 15.8 Å².